The van der Waals surface area contributed by atoms with Crippen LogP contribution in [-0.4, -0.2) is 10.1 Å². The maximum atomic E-state index is 9.88. The molecule has 2 N–H and O–H groups in total. The first-order chi connectivity index (χ1) is 10.6. The number of hydrogen-bond donors (Lipinski definition) is 2. The van der Waals surface area contributed by atoms with Gasteiger partial charge in [-0.25, -0.2) is 4.98 Å². The van der Waals surface area contributed by atoms with Gasteiger partial charge in [-0.05, 0) is 37.3 Å². The van der Waals surface area contributed by atoms with Gasteiger partial charge in [0.15, 0.2) is 0 Å². The smallest absolute Gasteiger partial charge is 0.120 e. The molecule has 0 atom stereocenters. The highest BCUT2D eigenvalue weighted by molar-refractivity contribution is 9.10. The van der Waals surface area contributed by atoms with Crippen LogP contribution in [0.3, 0.4) is 0 Å². The van der Waals surface area contributed by atoms with E-state index in [2.05, 4.69) is 43.7 Å². The van der Waals surface area contributed by atoms with E-state index >= 15 is 0 Å². The van der Waals surface area contributed by atoms with Crippen LogP contribution in [0.1, 0.15) is 10.6 Å². The molecule has 5 heteroatoms. The zero-order valence-corrected chi connectivity index (χ0v) is 14.4. The van der Waals surface area contributed by atoms with Crippen LogP contribution in [0.25, 0.3) is 11.3 Å². The second kappa shape index (κ2) is 6.50. The van der Waals surface area contributed by atoms with E-state index in [4.69, 9.17) is 0 Å². The minimum atomic E-state index is 0.294. The minimum Gasteiger partial charge on any atom is -0.508 e. The Labute approximate surface area is 141 Å². The summed E-state index contributed by atoms with van der Waals surface area (Å²) in [5.41, 5.74) is 3.94. The molecular formula is C17H15BrN2OS. The number of nitrogens with one attached hydrogen (secondary N) is 1. The molecule has 0 amide bonds. The molecule has 0 unspecified atom stereocenters. The van der Waals surface area contributed by atoms with Gasteiger partial charge in [-0.1, -0.05) is 28.1 Å². The summed E-state index contributed by atoms with van der Waals surface area (Å²) >= 11 is 5.07. The first-order valence-corrected chi connectivity index (χ1v) is 8.53. The van der Waals surface area contributed by atoms with Crippen LogP contribution in [0.4, 0.5) is 5.69 Å². The summed E-state index contributed by atoms with van der Waals surface area (Å²) in [4.78, 5) is 4.51. The van der Waals surface area contributed by atoms with E-state index in [0.717, 1.165) is 32.0 Å². The Morgan fingerprint density at radius 1 is 1.23 bits per heavy atom. The van der Waals surface area contributed by atoms with E-state index < -0.39 is 0 Å². The number of phenols is 1. The van der Waals surface area contributed by atoms with Gasteiger partial charge in [0.25, 0.3) is 0 Å². The van der Waals surface area contributed by atoms with Gasteiger partial charge in [0.1, 0.15) is 5.75 Å². The summed E-state index contributed by atoms with van der Waals surface area (Å²) < 4.78 is 0.953. The summed E-state index contributed by atoms with van der Waals surface area (Å²) in [5, 5.41) is 16.3. The molecule has 0 aliphatic heterocycles. The highest BCUT2D eigenvalue weighted by Gasteiger charge is 2.05. The molecule has 0 fully saturated rings. The summed E-state index contributed by atoms with van der Waals surface area (Å²) in [7, 11) is 0. The van der Waals surface area contributed by atoms with Crippen LogP contribution in [0.2, 0.25) is 0 Å². The first kappa shape index (κ1) is 15.1. The molecule has 0 aliphatic rings. The van der Waals surface area contributed by atoms with Crippen molar-refractivity contribution >= 4 is 33.0 Å². The van der Waals surface area contributed by atoms with E-state index in [1.54, 1.807) is 17.4 Å². The van der Waals surface area contributed by atoms with Crippen molar-refractivity contribution in [3.63, 3.8) is 0 Å². The lowest BCUT2D eigenvalue weighted by Gasteiger charge is -2.09. The largest absolute Gasteiger partial charge is 0.508 e. The predicted molar refractivity (Wildman–Crippen MR) is 95.4 cm³/mol. The monoisotopic (exact) mass is 374 g/mol. The first-order valence-electron chi connectivity index (χ1n) is 6.85. The Bertz CT molecular complexity index is 801. The Morgan fingerprint density at radius 3 is 2.86 bits per heavy atom. The number of halogens is 1. The fourth-order valence-electron chi connectivity index (χ4n) is 2.18. The molecule has 3 rings (SSSR count). The van der Waals surface area contributed by atoms with Crippen LogP contribution in [0.15, 0.2) is 52.3 Å². The van der Waals surface area contributed by atoms with Gasteiger partial charge in [0, 0.05) is 33.2 Å². The Morgan fingerprint density at radius 2 is 2.09 bits per heavy atom. The number of hydrogen-bond acceptors (Lipinski definition) is 4. The van der Waals surface area contributed by atoms with Gasteiger partial charge in [-0.2, -0.15) is 0 Å². The average molecular weight is 375 g/mol. The molecule has 0 saturated carbocycles. The van der Waals surface area contributed by atoms with Crippen molar-refractivity contribution in [3.05, 3.63) is 62.9 Å². The van der Waals surface area contributed by atoms with Crippen LogP contribution in [0.5, 0.6) is 5.75 Å². The van der Waals surface area contributed by atoms with Crippen molar-refractivity contribution < 1.29 is 5.11 Å². The average Bonchev–Trinajstić information content (AvgIpc) is 2.95. The standard InChI is InChI=1S/C17H15BrN2OS/c1-11-20-16(10-22-11)12-3-2-4-15(8-12)19-9-13-7-14(18)5-6-17(13)21/h2-8,10,19,21H,9H2,1H3. The molecule has 112 valence electrons. The molecule has 0 aliphatic carbocycles. The van der Waals surface area contributed by atoms with Gasteiger partial charge in [-0.3, -0.25) is 0 Å². The quantitative estimate of drug-likeness (QED) is 0.659. The van der Waals surface area contributed by atoms with Gasteiger partial charge < -0.3 is 10.4 Å². The summed E-state index contributed by atoms with van der Waals surface area (Å²) in [5.74, 6) is 0.294. The van der Waals surface area contributed by atoms with Crippen molar-refractivity contribution in [2.45, 2.75) is 13.5 Å². The maximum Gasteiger partial charge on any atom is 0.120 e. The zero-order valence-electron chi connectivity index (χ0n) is 12.0. The van der Waals surface area contributed by atoms with Crippen molar-refractivity contribution in [2.24, 2.45) is 0 Å². The lowest BCUT2D eigenvalue weighted by atomic mass is 10.1. The molecule has 22 heavy (non-hydrogen) atoms. The minimum absolute atomic E-state index is 0.294. The number of nitrogens with zero attached hydrogens (tertiary/aromatic N) is 1. The van der Waals surface area contributed by atoms with E-state index in [1.807, 2.05) is 31.2 Å². The molecule has 3 nitrogen and oxygen atoms in total. The number of benzene rings is 2. The Kier molecular flexibility index (Phi) is 4.45. The van der Waals surface area contributed by atoms with Gasteiger partial charge in [-0.15, -0.1) is 11.3 Å². The maximum absolute atomic E-state index is 9.88. The van der Waals surface area contributed by atoms with E-state index in [-0.39, 0.29) is 0 Å². The Balaban J connectivity index is 1.77. The number of aromatic nitrogens is 1. The molecule has 0 saturated heterocycles. The molecule has 0 bridgehead atoms. The third kappa shape index (κ3) is 3.48. The van der Waals surface area contributed by atoms with Crippen LogP contribution < -0.4 is 5.32 Å². The molecule has 0 spiro atoms. The van der Waals surface area contributed by atoms with Crippen molar-refractivity contribution in [3.8, 4) is 17.0 Å². The highest BCUT2D eigenvalue weighted by Crippen LogP contribution is 2.26. The van der Waals surface area contributed by atoms with E-state index in [0.29, 0.717) is 12.3 Å². The van der Waals surface area contributed by atoms with Crippen molar-refractivity contribution in [2.75, 3.05) is 5.32 Å². The van der Waals surface area contributed by atoms with E-state index in [9.17, 15) is 5.11 Å². The van der Waals surface area contributed by atoms with E-state index in [1.165, 1.54) is 0 Å². The molecule has 3 aromatic rings. The van der Waals surface area contributed by atoms with Crippen LogP contribution in [-0.2, 0) is 6.54 Å². The fraction of sp³-hybridized carbons (Fsp3) is 0.118. The molecular weight excluding hydrogens is 360 g/mol. The molecule has 2 aromatic carbocycles. The SMILES string of the molecule is Cc1nc(-c2cccc(NCc3cc(Br)ccc3O)c2)cs1. The number of aromatic hydroxyl groups is 1. The summed E-state index contributed by atoms with van der Waals surface area (Å²) in [6.45, 7) is 2.57. The highest BCUT2D eigenvalue weighted by atomic mass is 79.9. The number of anilines is 1. The Hall–Kier alpha value is -1.85. The lowest BCUT2D eigenvalue weighted by Crippen LogP contribution is -1.99. The van der Waals surface area contributed by atoms with Gasteiger partial charge in [0.2, 0.25) is 0 Å². The second-order valence-electron chi connectivity index (χ2n) is 4.96. The van der Waals surface area contributed by atoms with Crippen molar-refractivity contribution in [1.82, 2.24) is 4.98 Å². The number of rotatable bonds is 4. The topological polar surface area (TPSA) is 45.2 Å². The van der Waals surface area contributed by atoms with Gasteiger partial charge >= 0.3 is 0 Å². The molecule has 1 heterocycles. The predicted octanol–water partition coefficient (Wildman–Crippen LogP) is 5.20. The van der Waals surface area contributed by atoms with Gasteiger partial charge in [0.05, 0.1) is 10.7 Å². The summed E-state index contributed by atoms with van der Waals surface area (Å²) in [6, 6.07) is 13.6. The fourth-order valence-corrected chi connectivity index (χ4v) is 3.21. The number of thiazole rings is 1. The van der Waals surface area contributed by atoms with Crippen molar-refractivity contribution in [1.29, 1.82) is 0 Å². The third-order valence-electron chi connectivity index (χ3n) is 3.30. The number of aryl methyl sites for hydroxylation is 1. The lowest BCUT2D eigenvalue weighted by molar-refractivity contribution is 0.469. The summed E-state index contributed by atoms with van der Waals surface area (Å²) in [6.07, 6.45) is 0. The number of phenolic OH excluding ortho intramolecular Hbond substituents is 1. The molecule has 1 aromatic heterocycles. The molecule has 0 radical (unpaired) electrons. The zero-order chi connectivity index (χ0) is 15.5. The third-order valence-corrected chi connectivity index (χ3v) is 4.57. The van der Waals surface area contributed by atoms with Crippen LogP contribution >= 0.6 is 27.3 Å². The normalized spacial score (nSPS) is 10.6. The second-order valence-corrected chi connectivity index (χ2v) is 6.94. The van der Waals surface area contributed by atoms with Crippen LogP contribution in [0, 0.1) is 6.92 Å².